The van der Waals surface area contributed by atoms with Gasteiger partial charge < -0.3 is 11.1 Å². The van der Waals surface area contributed by atoms with Crippen molar-refractivity contribution in [3.63, 3.8) is 0 Å². The molecule has 0 amide bonds. The molecule has 0 heterocycles. The van der Waals surface area contributed by atoms with Gasteiger partial charge in [0.1, 0.15) is 4.90 Å². The van der Waals surface area contributed by atoms with E-state index in [1.807, 2.05) is 0 Å². The highest BCUT2D eigenvalue weighted by Crippen LogP contribution is 2.23. The largest absolute Gasteiger partial charge is 0.399 e. The first-order chi connectivity index (χ1) is 7.86. The minimum absolute atomic E-state index is 0.0814. The summed E-state index contributed by atoms with van der Waals surface area (Å²) in [7, 11) is -2.23. The van der Waals surface area contributed by atoms with Gasteiger partial charge in [-0.25, -0.2) is 13.1 Å². The predicted octanol–water partition coefficient (Wildman–Crippen LogP) is 1.34. The van der Waals surface area contributed by atoms with Crippen LogP contribution in [0.15, 0.2) is 34.7 Å². The van der Waals surface area contributed by atoms with Crippen LogP contribution >= 0.6 is 11.6 Å². The molecule has 5 nitrogen and oxygen atoms in total. The number of nitrogen functional groups attached to an aromatic ring is 1. The van der Waals surface area contributed by atoms with Crippen molar-refractivity contribution in [1.82, 2.24) is 4.72 Å². The first kappa shape index (κ1) is 13.8. The molecule has 0 spiro atoms. The van der Waals surface area contributed by atoms with Crippen LogP contribution in [0.1, 0.15) is 0 Å². The van der Waals surface area contributed by atoms with Crippen molar-refractivity contribution in [3.05, 3.63) is 29.8 Å². The lowest BCUT2D eigenvalue weighted by Gasteiger charge is -2.12. The topological polar surface area (TPSA) is 84.2 Å². The third-order valence-electron chi connectivity index (χ3n) is 2.03. The van der Waals surface area contributed by atoms with Crippen LogP contribution in [0.3, 0.4) is 0 Å². The highest BCUT2D eigenvalue weighted by atomic mass is 35.5. The summed E-state index contributed by atoms with van der Waals surface area (Å²) in [6.45, 7) is 3.79. The Bertz CT molecular complexity index is 528. The fraction of sp³-hybridized carbons (Fsp3) is 0.200. The lowest BCUT2D eigenvalue weighted by Crippen LogP contribution is -2.20. The summed E-state index contributed by atoms with van der Waals surface area (Å²) in [5.74, 6) is 0. The molecule has 0 radical (unpaired) electrons. The molecule has 0 aliphatic carbocycles. The van der Waals surface area contributed by atoms with Crippen molar-refractivity contribution in [2.75, 3.05) is 24.6 Å². The number of halogens is 1. The summed E-state index contributed by atoms with van der Waals surface area (Å²) >= 11 is 5.61. The smallest absolute Gasteiger partial charge is 0.242 e. The van der Waals surface area contributed by atoms with Crippen molar-refractivity contribution >= 4 is 33.0 Å². The van der Waals surface area contributed by atoms with E-state index in [2.05, 4.69) is 16.6 Å². The molecule has 94 valence electrons. The first-order valence-corrected chi connectivity index (χ1v) is 6.63. The quantitative estimate of drug-likeness (QED) is 0.708. The van der Waals surface area contributed by atoms with Crippen LogP contribution in [0.4, 0.5) is 11.4 Å². The molecule has 1 aromatic carbocycles. The van der Waals surface area contributed by atoms with Gasteiger partial charge in [-0.2, -0.15) is 0 Å². The Hall–Kier alpha value is -1.24. The summed E-state index contributed by atoms with van der Waals surface area (Å²) in [6.07, 6.45) is 0. The van der Waals surface area contributed by atoms with E-state index in [9.17, 15) is 8.42 Å². The molecule has 0 aliphatic rings. The summed E-state index contributed by atoms with van der Waals surface area (Å²) < 4.78 is 25.7. The van der Waals surface area contributed by atoms with Crippen molar-refractivity contribution in [3.8, 4) is 0 Å². The fourth-order valence-electron chi connectivity index (χ4n) is 1.21. The second-order valence-electron chi connectivity index (χ2n) is 3.33. The van der Waals surface area contributed by atoms with Crippen LogP contribution in [0.25, 0.3) is 0 Å². The van der Waals surface area contributed by atoms with E-state index in [4.69, 9.17) is 17.3 Å². The second-order valence-corrected chi connectivity index (χ2v) is 5.72. The predicted molar refractivity (Wildman–Crippen MR) is 70.6 cm³/mol. The number of hydrogen-bond acceptors (Lipinski definition) is 4. The van der Waals surface area contributed by atoms with E-state index >= 15 is 0 Å². The number of anilines is 2. The Labute approximate surface area is 106 Å². The number of nitrogens with one attached hydrogen (secondary N) is 2. The van der Waals surface area contributed by atoms with Gasteiger partial charge in [-0.15, -0.1) is 0 Å². The van der Waals surface area contributed by atoms with E-state index < -0.39 is 10.0 Å². The van der Waals surface area contributed by atoms with E-state index in [1.54, 1.807) is 12.1 Å². The molecule has 7 heteroatoms. The summed E-state index contributed by atoms with van der Waals surface area (Å²) in [4.78, 5) is 0.0814. The number of benzene rings is 1. The molecule has 0 unspecified atom stereocenters. The van der Waals surface area contributed by atoms with Crippen LogP contribution in [-0.4, -0.2) is 22.0 Å². The van der Waals surface area contributed by atoms with Crippen molar-refractivity contribution in [2.24, 2.45) is 0 Å². The zero-order chi connectivity index (χ0) is 13.1. The number of sulfonamides is 1. The Morgan fingerprint density at radius 1 is 1.53 bits per heavy atom. The fourth-order valence-corrected chi connectivity index (χ4v) is 2.22. The Morgan fingerprint density at radius 3 is 2.71 bits per heavy atom. The van der Waals surface area contributed by atoms with Gasteiger partial charge in [-0.05, 0) is 25.2 Å². The molecule has 0 saturated carbocycles. The van der Waals surface area contributed by atoms with Gasteiger partial charge >= 0.3 is 0 Å². The van der Waals surface area contributed by atoms with Crippen molar-refractivity contribution in [1.29, 1.82) is 0 Å². The van der Waals surface area contributed by atoms with E-state index in [1.165, 1.54) is 13.1 Å². The molecule has 0 fully saturated rings. The molecule has 1 aromatic rings. The maximum atomic E-state index is 11.8. The van der Waals surface area contributed by atoms with E-state index in [0.717, 1.165) is 0 Å². The molecule has 0 bridgehead atoms. The molecule has 0 aliphatic heterocycles. The Balaban J connectivity index is 3.17. The highest BCUT2D eigenvalue weighted by Gasteiger charge is 2.16. The zero-order valence-corrected chi connectivity index (χ0v) is 10.9. The number of rotatable bonds is 5. The maximum absolute atomic E-state index is 11.8. The van der Waals surface area contributed by atoms with Gasteiger partial charge in [0, 0.05) is 10.7 Å². The molecule has 4 N–H and O–H groups in total. The number of nitrogens with two attached hydrogens (primary N) is 1. The molecule has 17 heavy (non-hydrogen) atoms. The van der Waals surface area contributed by atoms with E-state index in [-0.39, 0.29) is 11.4 Å². The summed E-state index contributed by atoms with van der Waals surface area (Å²) in [5.41, 5.74) is 6.37. The van der Waals surface area contributed by atoms with Crippen molar-refractivity contribution < 1.29 is 8.42 Å². The van der Waals surface area contributed by atoms with E-state index in [0.29, 0.717) is 16.4 Å². The normalized spacial score (nSPS) is 11.2. The van der Waals surface area contributed by atoms with Gasteiger partial charge in [0.15, 0.2) is 0 Å². The highest BCUT2D eigenvalue weighted by molar-refractivity contribution is 7.89. The minimum atomic E-state index is -3.56. The van der Waals surface area contributed by atoms with Crippen molar-refractivity contribution in [2.45, 2.75) is 4.90 Å². The molecule has 0 atom stereocenters. The van der Waals surface area contributed by atoms with Crippen LogP contribution in [0, 0.1) is 0 Å². The summed E-state index contributed by atoms with van der Waals surface area (Å²) in [6, 6.07) is 4.57. The minimum Gasteiger partial charge on any atom is -0.399 e. The molecule has 1 rings (SSSR count). The Morgan fingerprint density at radius 2 is 2.18 bits per heavy atom. The number of hydrogen-bond donors (Lipinski definition) is 3. The second kappa shape index (κ2) is 5.39. The van der Waals surface area contributed by atoms with Gasteiger partial charge in [-0.3, -0.25) is 0 Å². The van der Waals surface area contributed by atoms with Gasteiger partial charge in [0.05, 0.1) is 12.2 Å². The van der Waals surface area contributed by atoms with Crippen LogP contribution in [-0.2, 0) is 10.0 Å². The molecular weight excluding hydrogens is 262 g/mol. The Kier molecular flexibility index (Phi) is 4.39. The maximum Gasteiger partial charge on any atom is 0.242 e. The van der Waals surface area contributed by atoms with Gasteiger partial charge in [0.25, 0.3) is 0 Å². The third-order valence-corrected chi connectivity index (χ3v) is 3.62. The average molecular weight is 276 g/mol. The lowest BCUT2D eigenvalue weighted by atomic mass is 10.3. The lowest BCUT2D eigenvalue weighted by molar-refractivity contribution is 0.588. The van der Waals surface area contributed by atoms with Gasteiger partial charge in [0.2, 0.25) is 10.0 Å². The monoisotopic (exact) mass is 275 g/mol. The molecule has 0 aromatic heterocycles. The zero-order valence-electron chi connectivity index (χ0n) is 9.33. The van der Waals surface area contributed by atoms with Crippen LogP contribution in [0.2, 0.25) is 0 Å². The van der Waals surface area contributed by atoms with Crippen LogP contribution in [0.5, 0.6) is 0 Å². The summed E-state index contributed by atoms with van der Waals surface area (Å²) in [5, 5.41) is 3.26. The van der Waals surface area contributed by atoms with Crippen LogP contribution < -0.4 is 15.8 Å². The third kappa shape index (κ3) is 3.62. The van der Waals surface area contributed by atoms with Gasteiger partial charge in [-0.1, -0.05) is 18.2 Å². The standard InChI is InChI=1S/C10H14ClN3O2S/c1-7(11)6-14-9-4-3-8(12)5-10(9)17(15,16)13-2/h3-5,13-14H,1,6,12H2,2H3. The first-order valence-electron chi connectivity index (χ1n) is 4.77. The molecule has 0 saturated heterocycles. The average Bonchev–Trinajstić information content (AvgIpc) is 2.27. The SMILES string of the molecule is C=C(Cl)CNc1ccc(N)cc1S(=O)(=O)NC. The molecular formula is C10H14ClN3O2S.